The molecule has 4 rings (SSSR count). The van der Waals surface area contributed by atoms with Crippen molar-refractivity contribution in [3.05, 3.63) is 77.6 Å². The number of aryl methyl sites for hydroxylation is 1. The molecule has 1 aliphatic heterocycles. The summed E-state index contributed by atoms with van der Waals surface area (Å²) >= 11 is 0. The van der Waals surface area contributed by atoms with Gasteiger partial charge in [-0.1, -0.05) is 61.5 Å². The maximum Gasteiger partial charge on any atom is 0.258 e. The second kappa shape index (κ2) is 9.39. The van der Waals surface area contributed by atoms with Gasteiger partial charge in [0.25, 0.3) is 5.91 Å². The van der Waals surface area contributed by atoms with Gasteiger partial charge in [0.15, 0.2) is 0 Å². The van der Waals surface area contributed by atoms with Crippen molar-refractivity contribution >= 4 is 11.8 Å². The molecule has 0 spiro atoms. The summed E-state index contributed by atoms with van der Waals surface area (Å²) in [5.41, 5.74) is 4.64. The number of piperazine rings is 1. The highest BCUT2D eigenvalue weighted by molar-refractivity contribution is 5.99. The lowest BCUT2D eigenvalue weighted by atomic mass is 9.93. The topological polar surface area (TPSA) is 58.4 Å². The van der Waals surface area contributed by atoms with E-state index in [0.29, 0.717) is 31.6 Å². The molecule has 6 heteroatoms. The van der Waals surface area contributed by atoms with Gasteiger partial charge in [0.2, 0.25) is 5.91 Å². The Morgan fingerprint density at radius 2 is 1.78 bits per heavy atom. The van der Waals surface area contributed by atoms with Crippen LogP contribution in [0.5, 0.6) is 0 Å². The van der Waals surface area contributed by atoms with Crippen molar-refractivity contribution in [2.24, 2.45) is 7.05 Å². The zero-order valence-electron chi connectivity index (χ0n) is 19.0. The van der Waals surface area contributed by atoms with Crippen LogP contribution in [0.25, 0.3) is 11.1 Å². The maximum absolute atomic E-state index is 13.5. The molecule has 1 fully saturated rings. The van der Waals surface area contributed by atoms with Crippen molar-refractivity contribution in [2.45, 2.75) is 32.7 Å². The quantitative estimate of drug-likeness (QED) is 0.599. The summed E-state index contributed by atoms with van der Waals surface area (Å²) in [7, 11) is 1.82. The first-order valence-corrected chi connectivity index (χ1v) is 11.2. The van der Waals surface area contributed by atoms with Crippen molar-refractivity contribution in [3.8, 4) is 11.1 Å². The SMILES string of the molecule is CCCN1CCN(C(=O)c2cnn(C)c2C)C(Cc2ccccc2-c2ccccc2)C1=O. The second-order valence-corrected chi connectivity index (χ2v) is 8.33. The third-order valence-electron chi connectivity index (χ3n) is 6.32. The third kappa shape index (κ3) is 4.17. The molecule has 2 aromatic carbocycles. The van der Waals surface area contributed by atoms with Gasteiger partial charge in [-0.25, -0.2) is 0 Å². The fraction of sp³-hybridized carbons (Fsp3) is 0.346. The minimum Gasteiger partial charge on any atom is -0.339 e. The molecule has 0 N–H and O–H groups in total. The first kappa shape index (κ1) is 21.8. The van der Waals surface area contributed by atoms with Crippen LogP contribution in [0.1, 0.15) is 35.0 Å². The average Bonchev–Trinajstić information content (AvgIpc) is 3.15. The van der Waals surface area contributed by atoms with E-state index in [1.165, 1.54) is 0 Å². The lowest BCUT2D eigenvalue weighted by Gasteiger charge is -2.41. The molecule has 1 atom stereocenters. The van der Waals surface area contributed by atoms with Gasteiger partial charge >= 0.3 is 0 Å². The summed E-state index contributed by atoms with van der Waals surface area (Å²) in [6, 6.07) is 17.8. The number of carbonyl (C=O) groups is 2. The molecule has 6 nitrogen and oxygen atoms in total. The van der Waals surface area contributed by atoms with E-state index < -0.39 is 6.04 Å². The summed E-state index contributed by atoms with van der Waals surface area (Å²) in [5, 5.41) is 4.23. The first-order chi connectivity index (χ1) is 15.5. The van der Waals surface area contributed by atoms with Crippen LogP contribution in [0, 0.1) is 6.92 Å². The highest BCUT2D eigenvalue weighted by Gasteiger charge is 2.38. The molecule has 1 aliphatic rings. The van der Waals surface area contributed by atoms with Crippen LogP contribution in [0.2, 0.25) is 0 Å². The summed E-state index contributed by atoms with van der Waals surface area (Å²) in [6.07, 6.45) is 2.99. The zero-order valence-corrected chi connectivity index (χ0v) is 19.0. The Kier molecular flexibility index (Phi) is 6.40. The van der Waals surface area contributed by atoms with E-state index in [9.17, 15) is 9.59 Å². The molecule has 0 aliphatic carbocycles. The van der Waals surface area contributed by atoms with E-state index in [1.54, 1.807) is 15.8 Å². The van der Waals surface area contributed by atoms with E-state index in [2.05, 4.69) is 36.3 Å². The van der Waals surface area contributed by atoms with Crippen LogP contribution < -0.4 is 0 Å². The molecular formula is C26H30N4O2. The Balaban J connectivity index is 1.70. The predicted octanol–water partition coefficient (Wildman–Crippen LogP) is 3.70. The predicted molar refractivity (Wildman–Crippen MR) is 125 cm³/mol. The van der Waals surface area contributed by atoms with Crippen LogP contribution in [0.15, 0.2) is 60.8 Å². The summed E-state index contributed by atoms with van der Waals surface area (Å²) in [6.45, 7) is 5.76. The van der Waals surface area contributed by atoms with Gasteiger partial charge in [-0.15, -0.1) is 0 Å². The van der Waals surface area contributed by atoms with Gasteiger partial charge in [-0.05, 0) is 30.0 Å². The van der Waals surface area contributed by atoms with Crippen LogP contribution >= 0.6 is 0 Å². The highest BCUT2D eigenvalue weighted by atomic mass is 16.2. The van der Waals surface area contributed by atoms with Crippen LogP contribution in [0.4, 0.5) is 0 Å². The van der Waals surface area contributed by atoms with Gasteiger partial charge in [0.1, 0.15) is 6.04 Å². The van der Waals surface area contributed by atoms with Crippen LogP contribution in [0.3, 0.4) is 0 Å². The lowest BCUT2D eigenvalue weighted by molar-refractivity contribution is -0.140. The van der Waals surface area contributed by atoms with E-state index in [-0.39, 0.29) is 11.8 Å². The van der Waals surface area contributed by atoms with Crippen molar-refractivity contribution in [3.63, 3.8) is 0 Å². The van der Waals surface area contributed by atoms with E-state index in [1.807, 2.05) is 49.2 Å². The van der Waals surface area contributed by atoms with E-state index >= 15 is 0 Å². The Hall–Kier alpha value is -3.41. The molecule has 166 valence electrons. The van der Waals surface area contributed by atoms with E-state index in [0.717, 1.165) is 28.8 Å². The standard InChI is InChI=1S/C26H30N4O2/c1-4-14-29-15-16-30(25(31)23-18-27-28(3)19(23)2)24(26(29)32)17-21-12-8-9-13-22(21)20-10-6-5-7-11-20/h5-13,18,24H,4,14-17H2,1-3H3. The Labute approximate surface area is 189 Å². The van der Waals surface area contributed by atoms with Gasteiger partial charge in [-0.2, -0.15) is 5.10 Å². The van der Waals surface area contributed by atoms with E-state index in [4.69, 9.17) is 0 Å². The largest absolute Gasteiger partial charge is 0.339 e. The Morgan fingerprint density at radius 1 is 1.06 bits per heavy atom. The molecule has 0 saturated carbocycles. The zero-order chi connectivity index (χ0) is 22.7. The van der Waals surface area contributed by atoms with Crippen molar-refractivity contribution < 1.29 is 9.59 Å². The average molecular weight is 431 g/mol. The molecule has 2 heterocycles. The highest BCUT2D eigenvalue weighted by Crippen LogP contribution is 2.27. The van der Waals surface area contributed by atoms with Gasteiger partial charge in [-0.3, -0.25) is 14.3 Å². The molecule has 0 radical (unpaired) electrons. The molecule has 3 aromatic rings. The number of benzene rings is 2. The number of hydrogen-bond donors (Lipinski definition) is 0. The van der Waals surface area contributed by atoms with Crippen LogP contribution in [-0.4, -0.2) is 57.1 Å². The number of rotatable bonds is 6. The molecular weight excluding hydrogens is 400 g/mol. The van der Waals surface area contributed by atoms with Crippen molar-refractivity contribution in [1.82, 2.24) is 19.6 Å². The number of carbonyl (C=O) groups excluding carboxylic acids is 2. The summed E-state index contributed by atoms with van der Waals surface area (Å²) in [4.78, 5) is 30.7. The fourth-order valence-electron chi connectivity index (χ4n) is 4.44. The third-order valence-corrected chi connectivity index (χ3v) is 6.32. The monoisotopic (exact) mass is 430 g/mol. The Morgan fingerprint density at radius 3 is 2.47 bits per heavy atom. The maximum atomic E-state index is 13.5. The number of hydrogen-bond acceptors (Lipinski definition) is 3. The van der Waals surface area contributed by atoms with Crippen LogP contribution in [-0.2, 0) is 18.3 Å². The van der Waals surface area contributed by atoms with Crippen molar-refractivity contribution in [2.75, 3.05) is 19.6 Å². The Bertz CT molecular complexity index is 1110. The molecule has 0 bridgehead atoms. The van der Waals surface area contributed by atoms with Gasteiger partial charge in [0.05, 0.1) is 11.8 Å². The van der Waals surface area contributed by atoms with Crippen molar-refractivity contribution in [1.29, 1.82) is 0 Å². The first-order valence-electron chi connectivity index (χ1n) is 11.2. The second-order valence-electron chi connectivity index (χ2n) is 8.33. The fourth-order valence-corrected chi connectivity index (χ4v) is 4.44. The van der Waals surface area contributed by atoms with Gasteiger partial charge in [0, 0.05) is 38.8 Å². The number of amides is 2. The number of aromatic nitrogens is 2. The molecule has 2 amide bonds. The summed E-state index contributed by atoms with van der Waals surface area (Å²) in [5.74, 6) is -0.0989. The minimum absolute atomic E-state index is 0.0239. The molecule has 1 aromatic heterocycles. The normalized spacial score (nSPS) is 16.5. The van der Waals surface area contributed by atoms with Gasteiger partial charge < -0.3 is 9.80 Å². The molecule has 32 heavy (non-hydrogen) atoms. The minimum atomic E-state index is -0.535. The molecule has 1 unspecified atom stereocenters. The number of nitrogens with zero attached hydrogens (tertiary/aromatic N) is 4. The molecule has 1 saturated heterocycles. The smallest absolute Gasteiger partial charge is 0.258 e. The summed E-state index contributed by atoms with van der Waals surface area (Å²) < 4.78 is 1.70. The lowest BCUT2D eigenvalue weighted by Crippen LogP contribution is -2.59.